The van der Waals surface area contributed by atoms with Crippen molar-refractivity contribution in [3.8, 4) is 5.75 Å². The summed E-state index contributed by atoms with van der Waals surface area (Å²) >= 11 is 0. The van der Waals surface area contributed by atoms with Gasteiger partial charge in [-0.3, -0.25) is 19.3 Å². The number of carbonyl (C=O) groups excluding carboxylic acids is 3. The van der Waals surface area contributed by atoms with Crippen LogP contribution < -0.4 is 15.1 Å². The van der Waals surface area contributed by atoms with Gasteiger partial charge in [0, 0.05) is 31.1 Å². The van der Waals surface area contributed by atoms with E-state index in [1.807, 2.05) is 0 Å². The summed E-state index contributed by atoms with van der Waals surface area (Å²) < 4.78 is 35.6. The molecule has 196 valence electrons. The van der Waals surface area contributed by atoms with E-state index < -0.39 is 29.7 Å². The molecule has 2 aliphatic heterocycles. The second-order valence-corrected chi connectivity index (χ2v) is 9.14. The van der Waals surface area contributed by atoms with Crippen LogP contribution in [0.4, 0.5) is 25.0 Å². The highest BCUT2D eigenvalue weighted by Gasteiger charge is 2.36. The number of carbonyl (C=O) groups is 3. The summed E-state index contributed by atoms with van der Waals surface area (Å²) in [5, 5.41) is 13.7. The Morgan fingerprint density at radius 2 is 1.81 bits per heavy atom. The molecule has 0 bridgehead atoms. The first kappa shape index (κ1) is 24.8. The van der Waals surface area contributed by atoms with Gasteiger partial charge in [0.1, 0.15) is 17.5 Å². The van der Waals surface area contributed by atoms with Gasteiger partial charge in [-0.2, -0.15) is 0 Å². The van der Waals surface area contributed by atoms with Gasteiger partial charge in [0.05, 0.1) is 37.5 Å². The molecular weight excluding hydrogens is 490 g/mol. The van der Waals surface area contributed by atoms with Crippen LogP contribution in [0.3, 0.4) is 0 Å². The number of rotatable bonds is 6. The van der Waals surface area contributed by atoms with Crippen LogP contribution in [0.1, 0.15) is 23.2 Å². The summed E-state index contributed by atoms with van der Waals surface area (Å²) in [4.78, 5) is 44.9. The van der Waals surface area contributed by atoms with Crippen molar-refractivity contribution in [1.29, 1.82) is 0 Å². The molecule has 1 saturated carbocycles. The number of hydroxylamine groups is 2. The van der Waals surface area contributed by atoms with Crippen LogP contribution in [0.15, 0.2) is 36.4 Å². The number of phenolic OH excluding ortho intramolecular Hbond substituents is 1. The molecule has 2 saturated heterocycles. The molecule has 2 aromatic carbocycles. The molecule has 2 N–H and O–H groups in total. The van der Waals surface area contributed by atoms with E-state index >= 15 is 8.78 Å². The summed E-state index contributed by atoms with van der Waals surface area (Å²) in [6.45, 7) is 0.327. The standard InChI is InChI=1S/C25H26F2N4O6/c26-19-11-16(30-14-17(37-25(30)35)13-28-23(33)15-5-6-15)12-20(27)22(19)29-7-8-31(36-10-9-29)24(34)18-3-1-2-4-21(18)32/h1-4,11-12,15,17,32H,5-10,13-14H2,(H,28,33)/t17-/m0/s1. The summed E-state index contributed by atoms with van der Waals surface area (Å²) in [5.74, 6) is -2.59. The van der Waals surface area contributed by atoms with Gasteiger partial charge in [-0.25, -0.2) is 18.6 Å². The molecule has 5 rings (SSSR count). The molecule has 0 spiro atoms. The third-order valence-electron chi connectivity index (χ3n) is 6.50. The zero-order valence-electron chi connectivity index (χ0n) is 19.9. The van der Waals surface area contributed by atoms with Gasteiger partial charge in [0.2, 0.25) is 5.91 Å². The molecule has 1 aliphatic carbocycles. The molecule has 2 heterocycles. The molecule has 0 radical (unpaired) electrons. The lowest BCUT2D eigenvalue weighted by molar-refractivity contribution is -0.122. The lowest BCUT2D eigenvalue weighted by atomic mass is 10.2. The monoisotopic (exact) mass is 516 g/mol. The molecule has 3 amide bonds. The number of benzene rings is 2. The van der Waals surface area contributed by atoms with E-state index in [2.05, 4.69) is 5.32 Å². The molecule has 10 nitrogen and oxygen atoms in total. The van der Waals surface area contributed by atoms with Crippen LogP contribution in [0, 0.1) is 17.6 Å². The summed E-state index contributed by atoms with van der Waals surface area (Å²) in [6.07, 6.45) is 0.318. The number of aromatic hydroxyl groups is 1. The van der Waals surface area contributed by atoms with E-state index in [0.29, 0.717) is 0 Å². The summed E-state index contributed by atoms with van der Waals surface area (Å²) in [6, 6.07) is 8.14. The van der Waals surface area contributed by atoms with Crippen LogP contribution in [-0.2, 0) is 14.4 Å². The molecule has 0 aromatic heterocycles. The molecular formula is C25H26F2N4O6. The van der Waals surface area contributed by atoms with Crippen LogP contribution in [0.5, 0.6) is 5.75 Å². The number of amides is 3. The predicted molar refractivity (Wildman–Crippen MR) is 127 cm³/mol. The van der Waals surface area contributed by atoms with E-state index in [9.17, 15) is 19.5 Å². The average Bonchev–Trinajstić information content (AvgIpc) is 3.68. The maximum absolute atomic E-state index is 15.2. The van der Waals surface area contributed by atoms with Crippen molar-refractivity contribution < 1.29 is 37.8 Å². The Bertz CT molecular complexity index is 1200. The lowest BCUT2D eigenvalue weighted by Gasteiger charge is -2.24. The Morgan fingerprint density at radius 3 is 2.51 bits per heavy atom. The van der Waals surface area contributed by atoms with Crippen molar-refractivity contribution in [2.75, 3.05) is 49.1 Å². The fraction of sp³-hybridized carbons (Fsp3) is 0.400. The SMILES string of the molecule is O=C(NC[C@H]1CN(c2cc(F)c(N3CCON(C(=O)c4ccccc4O)CC3)c(F)c2)C(=O)O1)C1CC1. The van der Waals surface area contributed by atoms with E-state index in [-0.39, 0.29) is 73.8 Å². The zero-order valence-corrected chi connectivity index (χ0v) is 19.9. The number of hydrogen-bond donors (Lipinski definition) is 2. The molecule has 3 fully saturated rings. The minimum Gasteiger partial charge on any atom is -0.507 e. The van der Waals surface area contributed by atoms with Crippen molar-refractivity contribution in [3.05, 3.63) is 53.6 Å². The topological polar surface area (TPSA) is 112 Å². The largest absolute Gasteiger partial charge is 0.507 e. The second kappa shape index (κ2) is 10.2. The number of nitrogens with zero attached hydrogens (tertiary/aromatic N) is 3. The molecule has 12 heteroatoms. The summed E-state index contributed by atoms with van der Waals surface area (Å²) in [5.41, 5.74) is -0.243. The van der Waals surface area contributed by atoms with E-state index in [1.165, 1.54) is 17.0 Å². The minimum atomic E-state index is -0.881. The molecule has 1 atom stereocenters. The van der Waals surface area contributed by atoms with E-state index in [1.54, 1.807) is 12.1 Å². The van der Waals surface area contributed by atoms with E-state index in [0.717, 1.165) is 34.9 Å². The minimum absolute atomic E-state index is 0.000503. The summed E-state index contributed by atoms with van der Waals surface area (Å²) in [7, 11) is 0. The van der Waals surface area contributed by atoms with Crippen LogP contribution in [-0.4, -0.2) is 73.5 Å². The Kier molecular flexibility index (Phi) is 6.83. The highest BCUT2D eigenvalue weighted by atomic mass is 19.1. The van der Waals surface area contributed by atoms with Gasteiger partial charge in [0.15, 0.2) is 11.6 Å². The highest BCUT2D eigenvalue weighted by molar-refractivity contribution is 5.96. The van der Waals surface area contributed by atoms with Gasteiger partial charge < -0.3 is 20.1 Å². The van der Waals surface area contributed by atoms with Gasteiger partial charge in [-0.1, -0.05) is 12.1 Å². The smallest absolute Gasteiger partial charge is 0.414 e. The number of cyclic esters (lactones) is 1. The van der Waals surface area contributed by atoms with Crippen LogP contribution in [0.2, 0.25) is 0 Å². The fourth-order valence-electron chi connectivity index (χ4n) is 4.37. The first-order chi connectivity index (χ1) is 17.8. The number of anilines is 2. The maximum Gasteiger partial charge on any atom is 0.414 e. The van der Waals surface area contributed by atoms with Gasteiger partial charge >= 0.3 is 6.09 Å². The first-order valence-electron chi connectivity index (χ1n) is 12.0. The number of nitrogens with one attached hydrogen (secondary N) is 1. The van der Waals surface area contributed by atoms with Crippen molar-refractivity contribution in [2.24, 2.45) is 5.92 Å². The average molecular weight is 517 g/mol. The molecule has 37 heavy (non-hydrogen) atoms. The third kappa shape index (κ3) is 5.29. The highest BCUT2D eigenvalue weighted by Crippen LogP contribution is 2.32. The number of halogens is 2. The van der Waals surface area contributed by atoms with Crippen LogP contribution in [0.25, 0.3) is 0 Å². The van der Waals surface area contributed by atoms with E-state index in [4.69, 9.17) is 9.57 Å². The van der Waals surface area contributed by atoms with Crippen LogP contribution >= 0.6 is 0 Å². The Labute approximate surface area is 211 Å². The van der Waals surface area contributed by atoms with Gasteiger partial charge in [0.25, 0.3) is 5.91 Å². The third-order valence-corrected chi connectivity index (χ3v) is 6.50. The Balaban J connectivity index is 1.24. The van der Waals surface area contributed by atoms with Gasteiger partial charge in [-0.15, -0.1) is 0 Å². The number of hydrogen-bond acceptors (Lipinski definition) is 7. The zero-order chi connectivity index (χ0) is 26.1. The molecule has 0 unspecified atom stereocenters. The number of phenols is 1. The van der Waals surface area contributed by atoms with Crippen molar-refractivity contribution in [3.63, 3.8) is 0 Å². The van der Waals surface area contributed by atoms with Crippen molar-refractivity contribution >= 4 is 29.3 Å². The lowest BCUT2D eigenvalue weighted by Crippen LogP contribution is -2.35. The number of ether oxygens (including phenoxy) is 1. The second-order valence-electron chi connectivity index (χ2n) is 9.14. The Hall–Kier alpha value is -3.93. The van der Waals surface area contributed by atoms with Crippen molar-refractivity contribution in [2.45, 2.75) is 18.9 Å². The predicted octanol–water partition coefficient (Wildman–Crippen LogP) is 2.42. The molecule has 3 aliphatic rings. The fourth-order valence-corrected chi connectivity index (χ4v) is 4.37. The van der Waals surface area contributed by atoms with Crippen molar-refractivity contribution in [1.82, 2.24) is 10.4 Å². The Morgan fingerprint density at radius 1 is 1.08 bits per heavy atom. The quantitative estimate of drug-likeness (QED) is 0.607. The first-order valence-corrected chi connectivity index (χ1v) is 12.0. The normalized spacial score (nSPS) is 20.0. The molecule has 2 aromatic rings. The number of para-hydroxylation sites is 1. The van der Waals surface area contributed by atoms with Gasteiger partial charge in [-0.05, 0) is 25.0 Å². The maximum atomic E-state index is 15.2.